The molecule has 142 valence electrons. The van der Waals surface area contributed by atoms with Gasteiger partial charge in [0.15, 0.2) is 0 Å². The molecule has 0 saturated carbocycles. The molecule has 1 atom stereocenters. The van der Waals surface area contributed by atoms with E-state index in [2.05, 4.69) is 20.1 Å². The molecule has 10 heteroatoms. The zero-order valence-electron chi connectivity index (χ0n) is 14.8. The number of aryl methyl sites for hydroxylation is 1. The summed E-state index contributed by atoms with van der Waals surface area (Å²) >= 11 is 7.58. The van der Waals surface area contributed by atoms with Crippen molar-refractivity contribution in [1.82, 2.24) is 20.1 Å². The first-order valence-corrected chi connectivity index (χ1v) is 9.97. The van der Waals surface area contributed by atoms with Crippen LogP contribution >= 0.6 is 22.9 Å². The minimum absolute atomic E-state index is 0.0267. The summed E-state index contributed by atoms with van der Waals surface area (Å²) < 4.78 is 0. The maximum absolute atomic E-state index is 12.9. The molecule has 0 spiro atoms. The molecule has 0 radical (unpaired) electrons. The van der Waals surface area contributed by atoms with Crippen LogP contribution in [-0.4, -0.2) is 64.6 Å². The summed E-state index contributed by atoms with van der Waals surface area (Å²) in [6.45, 7) is 4.74. The highest BCUT2D eigenvalue weighted by atomic mass is 35.5. The van der Waals surface area contributed by atoms with Crippen LogP contribution in [0.4, 0.5) is 10.9 Å². The zero-order valence-corrected chi connectivity index (χ0v) is 16.4. The predicted octanol–water partition coefficient (Wildman–Crippen LogP) is 1.60. The van der Waals surface area contributed by atoms with Gasteiger partial charge in [0, 0.05) is 45.3 Å². The molecular formula is C17H19ClN6O2S. The molecule has 2 saturated heterocycles. The second-order valence-electron chi connectivity index (χ2n) is 6.63. The van der Waals surface area contributed by atoms with Gasteiger partial charge in [0.2, 0.25) is 16.9 Å². The Labute approximate surface area is 165 Å². The lowest BCUT2D eigenvalue weighted by Crippen LogP contribution is -2.51. The van der Waals surface area contributed by atoms with Crippen LogP contribution in [0.3, 0.4) is 0 Å². The molecule has 2 amide bonds. The number of rotatable bonds is 3. The number of hydrogen-bond acceptors (Lipinski definition) is 7. The quantitative estimate of drug-likeness (QED) is 0.769. The van der Waals surface area contributed by atoms with Gasteiger partial charge in [-0.3, -0.25) is 14.5 Å². The van der Waals surface area contributed by atoms with Gasteiger partial charge in [0.1, 0.15) is 10.8 Å². The molecule has 2 aromatic rings. The Morgan fingerprint density at radius 1 is 1.26 bits per heavy atom. The second-order valence-corrected chi connectivity index (χ2v) is 8.20. The van der Waals surface area contributed by atoms with Crippen molar-refractivity contribution >= 4 is 45.7 Å². The molecule has 2 aromatic heterocycles. The summed E-state index contributed by atoms with van der Waals surface area (Å²) in [4.78, 5) is 35.0. The number of carbonyl (C=O) groups is 2. The number of anilines is 2. The Bertz CT molecular complexity index is 867. The van der Waals surface area contributed by atoms with Gasteiger partial charge < -0.3 is 9.80 Å². The van der Waals surface area contributed by atoms with E-state index in [1.54, 1.807) is 17.2 Å². The minimum atomic E-state index is -0.327. The highest BCUT2D eigenvalue weighted by Crippen LogP contribution is 2.29. The fourth-order valence-electron chi connectivity index (χ4n) is 3.46. The molecule has 0 aliphatic carbocycles. The topological polar surface area (TPSA) is 82.5 Å². The first kappa shape index (κ1) is 18.1. The minimum Gasteiger partial charge on any atom is -0.352 e. The SMILES string of the molecule is Cc1nnc(N2CC(C(=O)N3CCN(c4ncccc4Cl)CC3)CC2=O)s1. The Balaban J connectivity index is 1.37. The van der Waals surface area contributed by atoms with Crippen LogP contribution in [0.5, 0.6) is 0 Å². The molecule has 2 aliphatic rings. The number of amides is 2. The van der Waals surface area contributed by atoms with Crippen molar-refractivity contribution in [1.29, 1.82) is 0 Å². The van der Waals surface area contributed by atoms with Crippen LogP contribution in [0, 0.1) is 12.8 Å². The maximum Gasteiger partial charge on any atom is 0.229 e. The third-order valence-electron chi connectivity index (χ3n) is 4.85. The monoisotopic (exact) mass is 406 g/mol. The Morgan fingerprint density at radius 3 is 2.70 bits per heavy atom. The fraction of sp³-hybridized carbons (Fsp3) is 0.471. The summed E-state index contributed by atoms with van der Waals surface area (Å²) in [5, 5.41) is 9.97. The summed E-state index contributed by atoms with van der Waals surface area (Å²) in [7, 11) is 0. The van der Waals surface area contributed by atoms with Gasteiger partial charge in [-0.15, -0.1) is 10.2 Å². The molecule has 0 bridgehead atoms. The van der Waals surface area contributed by atoms with Crippen LogP contribution in [0.1, 0.15) is 11.4 Å². The van der Waals surface area contributed by atoms with Crippen molar-refractivity contribution in [3.63, 3.8) is 0 Å². The van der Waals surface area contributed by atoms with E-state index >= 15 is 0 Å². The standard InChI is InChI=1S/C17H19ClN6O2S/c1-11-20-21-17(27-11)24-10-12(9-14(24)25)16(26)23-7-5-22(6-8-23)15-13(18)3-2-4-19-15/h2-4,12H,5-10H2,1H3. The second kappa shape index (κ2) is 7.40. The maximum atomic E-state index is 12.9. The van der Waals surface area contributed by atoms with E-state index < -0.39 is 0 Å². The number of piperazine rings is 1. The van der Waals surface area contributed by atoms with E-state index in [9.17, 15) is 9.59 Å². The first-order valence-electron chi connectivity index (χ1n) is 8.77. The van der Waals surface area contributed by atoms with Crippen molar-refractivity contribution in [3.8, 4) is 0 Å². The van der Waals surface area contributed by atoms with E-state index in [4.69, 9.17) is 11.6 Å². The molecule has 8 nitrogen and oxygen atoms in total. The Hall–Kier alpha value is -2.26. The van der Waals surface area contributed by atoms with Crippen LogP contribution < -0.4 is 9.80 Å². The normalized spacial score (nSPS) is 20.4. The number of hydrogen-bond donors (Lipinski definition) is 0. The Kier molecular flexibility index (Phi) is 4.96. The average molecular weight is 407 g/mol. The van der Waals surface area contributed by atoms with E-state index in [1.807, 2.05) is 17.9 Å². The van der Waals surface area contributed by atoms with Crippen LogP contribution in [0.2, 0.25) is 5.02 Å². The third kappa shape index (κ3) is 3.61. The molecule has 0 aromatic carbocycles. The van der Waals surface area contributed by atoms with Crippen molar-refractivity contribution < 1.29 is 9.59 Å². The van der Waals surface area contributed by atoms with Crippen molar-refractivity contribution in [2.45, 2.75) is 13.3 Å². The molecule has 2 fully saturated rings. The summed E-state index contributed by atoms with van der Waals surface area (Å²) in [6.07, 6.45) is 1.94. The highest BCUT2D eigenvalue weighted by molar-refractivity contribution is 7.15. The zero-order chi connectivity index (χ0) is 19.0. The molecule has 1 unspecified atom stereocenters. The van der Waals surface area contributed by atoms with Gasteiger partial charge in [-0.2, -0.15) is 0 Å². The lowest BCUT2D eigenvalue weighted by Gasteiger charge is -2.36. The molecule has 4 heterocycles. The first-order chi connectivity index (χ1) is 13.0. The van der Waals surface area contributed by atoms with Gasteiger partial charge in [0.05, 0.1) is 10.9 Å². The largest absolute Gasteiger partial charge is 0.352 e. The number of aromatic nitrogens is 3. The number of halogens is 1. The molecule has 4 rings (SSSR count). The van der Waals surface area contributed by atoms with E-state index in [-0.39, 0.29) is 24.2 Å². The molecular weight excluding hydrogens is 388 g/mol. The van der Waals surface area contributed by atoms with Crippen LogP contribution in [0.25, 0.3) is 0 Å². The predicted molar refractivity (Wildman–Crippen MR) is 103 cm³/mol. The van der Waals surface area contributed by atoms with Gasteiger partial charge in [-0.1, -0.05) is 22.9 Å². The van der Waals surface area contributed by atoms with Crippen molar-refractivity contribution in [3.05, 3.63) is 28.4 Å². The molecule has 2 aliphatic heterocycles. The summed E-state index contributed by atoms with van der Waals surface area (Å²) in [5.74, 6) is 0.383. The smallest absolute Gasteiger partial charge is 0.229 e. The van der Waals surface area contributed by atoms with Gasteiger partial charge in [-0.25, -0.2) is 4.98 Å². The van der Waals surface area contributed by atoms with E-state index in [0.29, 0.717) is 42.9 Å². The fourth-order valence-corrected chi connectivity index (χ4v) is 4.42. The highest BCUT2D eigenvalue weighted by Gasteiger charge is 2.39. The summed E-state index contributed by atoms with van der Waals surface area (Å²) in [5.41, 5.74) is 0. The number of nitrogens with zero attached hydrogens (tertiary/aromatic N) is 6. The third-order valence-corrected chi connectivity index (χ3v) is 6.01. The number of pyridine rings is 1. The van der Waals surface area contributed by atoms with Gasteiger partial charge in [-0.05, 0) is 19.1 Å². The van der Waals surface area contributed by atoms with Gasteiger partial charge in [0.25, 0.3) is 0 Å². The lowest BCUT2D eigenvalue weighted by atomic mass is 10.1. The van der Waals surface area contributed by atoms with Crippen LogP contribution in [0.15, 0.2) is 18.3 Å². The number of carbonyl (C=O) groups excluding carboxylic acids is 2. The van der Waals surface area contributed by atoms with E-state index in [0.717, 1.165) is 10.8 Å². The van der Waals surface area contributed by atoms with E-state index in [1.165, 1.54) is 11.3 Å². The van der Waals surface area contributed by atoms with Crippen LogP contribution in [-0.2, 0) is 9.59 Å². The van der Waals surface area contributed by atoms with Crippen molar-refractivity contribution in [2.24, 2.45) is 5.92 Å². The lowest BCUT2D eigenvalue weighted by molar-refractivity contribution is -0.136. The van der Waals surface area contributed by atoms with Gasteiger partial charge >= 0.3 is 0 Å². The Morgan fingerprint density at radius 2 is 2.04 bits per heavy atom. The van der Waals surface area contributed by atoms with Crippen molar-refractivity contribution in [2.75, 3.05) is 42.5 Å². The molecule has 0 N–H and O–H groups in total. The molecule has 27 heavy (non-hydrogen) atoms. The summed E-state index contributed by atoms with van der Waals surface area (Å²) in [6, 6.07) is 3.61. The average Bonchev–Trinajstić information content (AvgIpc) is 3.27.